The molecule has 0 spiro atoms. The van der Waals surface area contributed by atoms with Gasteiger partial charge in [-0.05, 0) is 39.8 Å². The topological polar surface area (TPSA) is 33.1 Å². The molecule has 1 atom stereocenters. The van der Waals surface area contributed by atoms with Crippen molar-refractivity contribution in [3.8, 4) is 0 Å². The summed E-state index contributed by atoms with van der Waals surface area (Å²) >= 11 is 6.23. The summed E-state index contributed by atoms with van der Waals surface area (Å²) in [6, 6.07) is 0.481. The lowest BCUT2D eigenvalue weighted by molar-refractivity contribution is 0.297. The van der Waals surface area contributed by atoms with Gasteiger partial charge in [-0.15, -0.1) is 0 Å². The second-order valence-corrected chi connectivity index (χ2v) is 5.64. The summed E-state index contributed by atoms with van der Waals surface area (Å²) in [5, 5.41) is 8.65. The van der Waals surface area contributed by atoms with Crippen LogP contribution in [0.2, 0.25) is 5.02 Å². The Bertz CT molecular complexity index is 396. The number of rotatable bonds is 5. The van der Waals surface area contributed by atoms with Crippen LogP contribution in [-0.4, -0.2) is 40.4 Å². The Morgan fingerprint density at radius 2 is 2.06 bits per heavy atom. The van der Waals surface area contributed by atoms with Gasteiger partial charge in [0.15, 0.2) is 0 Å². The number of aryl methyl sites for hydroxylation is 2. The third-order valence-electron chi connectivity index (χ3n) is 3.61. The van der Waals surface area contributed by atoms with Crippen LogP contribution in [0.3, 0.4) is 0 Å². The van der Waals surface area contributed by atoms with Crippen LogP contribution in [0.15, 0.2) is 0 Å². The van der Waals surface area contributed by atoms with Gasteiger partial charge in [0.1, 0.15) is 0 Å². The first-order chi connectivity index (χ1) is 8.58. The first-order valence-corrected chi connectivity index (χ1v) is 7.09. The van der Waals surface area contributed by atoms with Gasteiger partial charge < -0.3 is 10.2 Å². The second kappa shape index (κ2) is 6.04. The molecular formula is C13H23ClN4. The van der Waals surface area contributed by atoms with Crippen LogP contribution in [0.1, 0.15) is 31.2 Å². The number of nitrogens with one attached hydrogen (secondary N) is 1. The molecule has 102 valence electrons. The quantitative estimate of drug-likeness (QED) is 0.888. The van der Waals surface area contributed by atoms with E-state index in [0.29, 0.717) is 6.04 Å². The van der Waals surface area contributed by atoms with Gasteiger partial charge >= 0.3 is 0 Å². The summed E-state index contributed by atoms with van der Waals surface area (Å²) in [5.74, 6) is 0. The molecule has 0 bridgehead atoms. The molecule has 1 aliphatic rings. The normalized spacial score (nSPS) is 18.4. The monoisotopic (exact) mass is 270 g/mol. The molecule has 1 N–H and O–H groups in total. The van der Waals surface area contributed by atoms with Crippen LogP contribution in [0.25, 0.3) is 0 Å². The van der Waals surface area contributed by atoms with Gasteiger partial charge in [0.2, 0.25) is 0 Å². The second-order valence-electron chi connectivity index (χ2n) is 5.26. The molecule has 2 heterocycles. The first-order valence-electron chi connectivity index (χ1n) is 6.71. The minimum absolute atomic E-state index is 0.481. The first kappa shape index (κ1) is 13.8. The lowest BCUT2D eigenvalue weighted by atomic mass is 10.3. The fourth-order valence-corrected chi connectivity index (χ4v) is 2.79. The van der Waals surface area contributed by atoms with E-state index in [1.54, 1.807) is 0 Å². The van der Waals surface area contributed by atoms with Crippen molar-refractivity contribution in [2.45, 2.75) is 39.3 Å². The van der Waals surface area contributed by atoms with Gasteiger partial charge in [0, 0.05) is 26.2 Å². The predicted molar refractivity (Wildman–Crippen MR) is 74.9 cm³/mol. The summed E-state index contributed by atoms with van der Waals surface area (Å²) in [6.07, 6.45) is 2.69. The lowest BCUT2D eigenvalue weighted by Crippen LogP contribution is -2.37. The Morgan fingerprint density at radius 1 is 1.39 bits per heavy atom. The van der Waals surface area contributed by atoms with E-state index in [4.69, 9.17) is 11.6 Å². The van der Waals surface area contributed by atoms with Crippen molar-refractivity contribution >= 4 is 11.6 Å². The summed E-state index contributed by atoms with van der Waals surface area (Å²) in [7, 11) is 1.95. The van der Waals surface area contributed by atoms with Crippen molar-refractivity contribution in [1.82, 2.24) is 20.0 Å². The number of hydrogen-bond acceptors (Lipinski definition) is 3. The minimum atomic E-state index is 0.481. The molecule has 18 heavy (non-hydrogen) atoms. The lowest BCUT2D eigenvalue weighted by Gasteiger charge is -2.21. The smallest absolute Gasteiger partial charge is 0.0860 e. The molecule has 0 amide bonds. The average Bonchev–Trinajstić information content (AvgIpc) is 2.88. The van der Waals surface area contributed by atoms with Gasteiger partial charge in [-0.2, -0.15) is 5.10 Å². The van der Waals surface area contributed by atoms with Crippen molar-refractivity contribution in [3.63, 3.8) is 0 Å². The van der Waals surface area contributed by atoms with Crippen molar-refractivity contribution < 1.29 is 0 Å². The highest BCUT2D eigenvalue weighted by atomic mass is 35.5. The Labute approximate surface area is 114 Å². The van der Waals surface area contributed by atoms with E-state index in [1.165, 1.54) is 25.9 Å². The van der Waals surface area contributed by atoms with E-state index in [9.17, 15) is 0 Å². The Morgan fingerprint density at radius 3 is 2.61 bits per heavy atom. The largest absolute Gasteiger partial charge is 0.307 e. The third-order valence-corrected chi connectivity index (χ3v) is 4.10. The maximum atomic E-state index is 6.23. The number of nitrogens with zero attached hydrogens (tertiary/aromatic N) is 3. The Balaban J connectivity index is 1.83. The standard InChI is InChI=1S/C13H23ClN4/c1-10(9-18-6-4-5-7-18)15-8-12-13(14)11(2)16-17(12)3/h10,15H,4-9H2,1-3H3. The number of hydrogen-bond donors (Lipinski definition) is 1. The molecular weight excluding hydrogens is 248 g/mol. The molecule has 1 fully saturated rings. The molecule has 1 unspecified atom stereocenters. The number of halogens is 1. The predicted octanol–water partition coefficient (Wildman–Crippen LogP) is 1.96. The van der Waals surface area contributed by atoms with Gasteiger partial charge in [0.25, 0.3) is 0 Å². The van der Waals surface area contributed by atoms with E-state index in [0.717, 1.165) is 29.5 Å². The Hall–Kier alpha value is -0.580. The molecule has 1 aliphatic heterocycles. The SMILES string of the molecule is Cc1nn(C)c(CNC(C)CN2CCCC2)c1Cl. The Kier molecular flexibility index (Phi) is 4.65. The van der Waals surface area contributed by atoms with Gasteiger partial charge in [-0.3, -0.25) is 4.68 Å². The van der Waals surface area contributed by atoms with E-state index in [1.807, 2.05) is 18.7 Å². The third kappa shape index (κ3) is 3.25. The van der Waals surface area contributed by atoms with Crippen molar-refractivity contribution in [2.75, 3.05) is 19.6 Å². The number of aromatic nitrogens is 2. The maximum absolute atomic E-state index is 6.23. The zero-order valence-electron chi connectivity index (χ0n) is 11.5. The molecule has 5 heteroatoms. The molecule has 2 rings (SSSR count). The van der Waals surface area contributed by atoms with E-state index in [2.05, 4.69) is 22.2 Å². The maximum Gasteiger partial charge on any atom is 0.0860 e. The van der Waals surface area contributed by atoms with Crippen molar-refractivity contribution in [3.05, 3.63) is 16.4 Å². The van der Waals surface area contributed by atoms with Gasteiger partial charge in [-0.25, -0.2) is 0 Å². The molecule has 0 aliphatic carbocycles. The average molecular weight is 271 g/mol. The summed E-state index contributed by atoms with van der Waals surface area (Å²) in [4.78, 5) is 2.52. The summed E-state index contributed by atoms with van der Waals surface area (Å²) < 4.78 is 1.87. The fourth-order valence-electron chi connectivity index (χ4n) is 2.56. The molecule has 0 aromatic carbocycles. The van der Waals surface area contributed by atoms with Crippen LogP contribution in [0.4, 0.5) is 0 Å². The van der Waals surface area contributed by atoms with Crippen LogP contribution in [-0.2, 0) is 13.6 Å². The zero-order valence-corrected chi connectivity index (χ0v) is 12.3. The van der Waals surface area contributed by atoms with E-state index >= 15 is 0 Å². The van der Waals surface area contributed by atoms with Crippen LogP contribution in [0.5, 0.6) is 0 Å². The molecule has 0 radical (unpaired) electrons. The van der Waals surface area contributed by atoms with Crippen LogP contribution in [0, 0.1) is 6.92 Å². The van der Waals surface area contributed by atoms with Crippen LogP contribution < -0.4 is 5.32 Å². The van der Waals surface area contributed by atoms with Crippen LogP contribution >= 0.6 is 11.6 Å². The minimum Gasteiger partial charge on any atom is -0.307 e. The highest BCUT2D eigenvalue weighted by molar-refractivity contribution is 6.31. The van der Waals surface area contributed by atoms with E-state index in [-0.39, 0.29) is 0 Å². The summed E-state index contributed by atoms with van der Waals surface area (Å²) in [6.45, 7) is 8.57. The highest BCUT2D eigenvalue weighted by Crippen LogP contribution is 2.19. The van der Waals surface area contributed by atoms with Crippen molar-refractivity contribution in [1.29, 1.82) is 0 Å². The molecule has 0 saturated carbocycles. The van der Waals surface area contributed by atoms with Crippen molar-refractivity contribution in [2.24, 2.45) is 7.05 Å². The molecule has 1 aromatic heterocycles. The fraction of sp³-hybridized carbons (Fsp3) is 0.769. The van der Waals surface area contributed by atoms with Gasteiger partial charge in [0.05, 0.1) is 16.4 Å². The van der Waals surface area contributed by atoms with E-state index < -0.39 is 0 Å². The van der Waals surface area contributed by atoms with Gasteiger partial charge in [-0.1, -0.05) is 11.6 Å². The molecule has 4 nitrogen and oxygen atoms in total. The highest BCUT2D eigenvalue weighted by Gasteiger charge is 2.16. The molecule has 1 aromatic rings. The molecule has 1 saturated heterocycles. The summed E-state index contributed by atoms with van der Waals surface area (Å²) in [5.41, 5.74) is 1.98. The number of likely N-dealkylation sites (tertiary alicyclic amines) is 1. The zero-order chi connectivity index (χ0) is 13.1.